The number of pyridine rings is 1. The summed E-state index contributed by atoms with van der Waals surface area (Å²) in [5, 5.41) is 2.82. The number of anilines is 2. The Morgan fingerprint density at radius 1 is 1.12 bits per heavy atom. The van der Waals surface area contributed by atoms with E-state index in [4.69, 9.17) is 4.74 Å². The molecule has 0 bridgehead atoms. The summed E-state index contributed by atoms with van der Waals surface area (Å²) >= 11 is 0. The number of aromatic nitrogens is 1. The molecule has 1 aromatic heterocycles. The van der Waals surface area contributed by atoms with Crippen molar-refractivity contribution in [3.05, 3.63) is 48.2 Å². The molecule has 1 amide bonds. The van der Waals surface area contributed by atoms with Crippen LogP contribution in [0.5, 0.6) is 5.75 Å². The van der Waals surface area contributed by atoms with Gasteiger partial charge in [-0.15, -0.1) is 0 Å². The lowest BCUT2D eigenvalue weighted by atomic mass is 10.1. The van der Waals surface area contributed by atoms with Crippen LogP contribution < -0.4 is 15.0 Å². The first-order chi connectivity index (χ1) is 12.2. The summed E-state index contributed by atoms with van der Waals surface area (Å²) in [6.07, 6.45) is 6.43. The summed E-state index contributed by atoms with van der Waals surface area (Å²) < 4.78 is 5.52. The third-order valence-electron chi connectivity index (χ3n) is 4.41. The van der Waals surface area contributed by atoms with Crippen molar-refractivity contribution in [2.24, 2.45) is 0 Å². The van der Waals surface area contributed by atoms with Gasteiger partial charge in [0.25, 0.3) is 5.91 Å². The first-order valence-corrected chi connectivity index (χ1v) is 8.97. The van der Waals surface area contributed by atoms with E-state index in [0.29, 0.717) is 11.4 Å². The molecule has 0 saturated carbocycles. The molecular weight excluding hydrogens is 314 g/mol. The maximum atomic E-state index is 12.0. The van der Waals surface area contributed by atoms with Crippen LogP contribution in [0.1, 0.15) is 31.7 Å². The molecule has 0 radical (unpaired) electrons. The van der Waals surface area contributed by atoms with Crippen LogP contribution in [0.4, 0.5) is 11.5 Å². The molecule has 25 heavy (non-hydrogen) atoms. The molecular formula is C20H25N3O2. The van der Waals surface area contributed by atoms with Gasteiger partial charge in [0.1, 0.15) is 11.6 Å². The normalized spacial score (nSPS) is 14.2. The molecule has 2 heterocycles. The molecule has 1 aliphatic heterocycles. The van der Waals surface area contributed by atoms with Gasteiger partial charge in [-0.2, -0.15) is 0 Å². The van der Waals surface area contributed by atoms with Gasteiger partial charge in [0, 0.05) is 13.1 Å². The molecule has 0 spiro atoms. The second kappa shape index (κ2) is 8.51. The Balaban J connectivity index is 1.48. The highest BCUT2D eigenvalue weighted by molar-refractivity contribution is 5.91. The second-order valence-electron chi connectivity index (χ2n) is 6.29. The minimum atomic E-state index is -0.188. The fourth-order valence-electron chi connectivity index (χ4n) is 2.94. The Bertz CT molecular complexity index is 677. The number of piperidine rings is 1. The van der Waals surface area contributed by atoms with E-state index in [9.17, 15) is 4.79 Å². The van der Waals surface area contributed by atoms with Crippen molar-refractivity contribution >= 4 is 17.4 Å². The van der Waals surface area contributed by atoms with Gasteiger partial charge in [-0.3, -0.25) is 4.79 Å². The molecule has 1 saturated heterocycles. The molecule has 1 fully saturated rings. The van der Waals surface area contributed by atoms with Crippen LogP contribution in [0.3, 0.4) is 0 Å². The maximum Gasteiger partial charge on any atom is 0.262 e. The number of hydrogen-bond acceptors (Lipinski definition) is 4. The average Bonchev–Trinajstić information content (AvgIpc) is 2.68. The Morgan fingerprint density at radius 3 is 2.52 bits per heavy atom. The second-order valence-corrected chi connectivity index (χ2v) is 6.29. The predicted octanol–water partition coefficient (Wildman–Crippen LogP) is 3.65. The number of amides is 1. The van der Waals surface area contributed by atoms with Gasteiger partial charge in [0.15, 0.2) is 6.61 Å². The number of carbonyl (C=O) groups is 1. The summed E-state index contributed by atoms with van der Waals surface area (Å²) in [5.41, 5.74) is 1.94. The third-order valence-corrected chi connectivity index (χ3v) is 4.41. The molecule has 1 N–H and O–H groups in total. The highest BCUT2D eigenvalue weighted by atomic mass is 16.5. The van der Waals surface area contributed by atoms with E-state index < -0.39 is 0 Å². The zero-order valence-corrected chi connectivity index (χ0v) is 14.7. The lowest BCUT2D eigenvalue weighted by molar-refractivity contribution is -0.118. The molecule has 3 rings (SSSR count). The Labute approximate surface area is 149 Å². The van der Waals surface area contributed by atoms with Gasteiger partial charge in [-0.1, -0.05) is 19.1 Å². The molecule has 0 atom stereocenters. The summed E-state index contributed by atoms with van der Waals surface area (Å²) in [5.74, 6) is 1.49. The first-order valence-electron chi connectivity index (χ1n) is 8.97. The van der Waals surface area contributed by atoms with Crippen molar-refractivity contribution in [1.82, 2.24) is 4.98 Å². The molecule has 5 heteroatoms. The van der Waals surface area contributed by atoms with E-state index in [1.807, 2.05) is 36.4 Å². The van der Waals surface area contributed by atoms with Crippen molar-refractivity contribution in [2.75, 3.05) is 29.9 Å². The molecule has 1 aliphatic rings. The number of nitrogens with zero attached hydrogens (tertiary/aromatic N) is 2. The number of rotatable bonds is 6. The number of hydrogen-bond donors (Lipinski definition) is 1. The smallest absolute Gasteiger partial charge is 0.262 e. The lowest BCUT2D eigenvalue weighted by Gasteiger charge is -2.27. The van der Waals surface area contributed by atoms with E-state index in [1.165, 1.54) is 24.8 Å². The summed E-state index contributed by atoms with van der Waals surface area (Å²) in [6.45, 7) is 4.21. The van der Waals surface area contributed by atoms with Crippen LogP contribution in [0, 0.1) is 0 Å². The fraction of sp³-hybridized carbons (Fsp3) is 0.400. The van der Waals surface area contributed by atoms with Gasteiger partial charge < -0.3 is 15.0 Å². The molecule has 5 nitrogen and oxygen atoms in total. The highest BCUT2D eigenvalue weighted by Gasteiger charge is 2.12. The van der Waals surface area contributed by atoms with Crippen molar-refractivity contribution in [3.63, 3.8) is 0 Å². The van der Waals surface area contributed by atoms with Gasteiger partial charge >= 0.3 is 0 Å². The van der Waals surface area contributed by atoms with Crippen LogP contribution >= 0.6 is 0 Å². The van der Waals surface area contributed by atoms with Crippen molar-refractivity contribution < 1.29 is 9.53 Å². The van der Waals surface area contributed by atoms with Crippen molar-refractivity contribution in [1.29, 1.82) is 0 Å². The van der Waals surface area contributed by atoms with E-state index in [1.54, 1.807) is 6.20 Å². The number of aryl methyl sites for hydroxylation is 1. The number of benzene rings is 1. The van der Waals surface area contributed by atoms with Gasteiger partial charge in [-0.05, 0) is 55.5 Å². The SMILES string of the molecule is CCc1ccc(OCC(=O)Nc2ccc(N3CCCCC3)nc2)cc1. The zero-order chi connectivity index (χ0) is 17.5. The maximum absolute atomic E-state index is 12.0. The largest absolute Gasteiger partial charge is 0.484 e. The van der Waals surface area contributed by atoms with Crippen LogP contribution in [-0.4, -0.2) is 30.6 Å². The quantitative estimate of drug-likeness (QED) is 0.873. The zero-order valence-electron chi connectivity index (χ0n) is 14.7. The topological polar surface area (TPSA) is 54.5 Å². The first kappa shape index (κ1) is 17.3. The van der Waals surface area contributed by atoms with Crippen molar-refractivity contribution in [2.45, 2.75) is 32.6 Å². The lowest BCUT2D eigenvalue weighted by Crippen LogP contribution is -2.30. The van der Waals surface area contributed by atoms with Crippen LogP contribution in [-0.2, 0) is 11.2 Å². The van der Waals surface area contributed by atoms with Crippen molar-refractivity contribution in [3.8, 4) is 5.75 Å². The number of nitrogens with one attached hydrogen (secondary N) is 1. The predicted molar refractivity (Wildman–Crippen MR) is 100 cm³/mol. The fourth-order valence-corrected chi connectivity index (χ4v) is 2.94. The molecule has 0 aliphatic carbocycles. The average molecular weight is 339 g/mol. The Hall–Kier alpha value is -2.56. The van der Waals surface area contributed by atoms with Crippen LogP contribution in [0.15, 0.2) is 42.6 Å². The monoisotopic (exact) mass is 339 g/mol. The number of carbonyl (C=O) groups excluding carboxylic acids is 1. The molecule has 2 aromatic rings. The van der Waals surface area contributed by atoms with Gasteiger partial charge in [0.05, 0.1) is 11.9 Å². The standard InChI is InChI=1S/C20H25N3O2/c1-2-16-6-9-18(10-7-16)25-15-20(24)22-17-8-11-19(21-14-17)23-12-4-3-5-13-23/h6-11,14H,2-5,12-13,15H2,1H3,(H,22,24). The Kier molecular flexibility index (Phi) is 5.88. The van der Waals surface area contributed by atoms with E-state index in [0.717, 1.165) is 25.3 Å². The summed E-state index contributed by atoms with van der Waals surface area (Å²) in [6, 6.07) is 11.7. The minimum Gasteiger partial charge on any atom is -0.484 e. The number of ether oxygens (including phenoxy) is 1. The molecule has 132 valence electrons. The van der Waals surface area contributed by atoms with Crippen LogP contribution in [0.25, 0.3) is 0 Å². The highest BCUT2D eigenvalue weighted by Crippen LogP contribution is 2.19. The minimum absolute atomic E-state index is 0.0145. The summed E-state index contributed by atoms with van der Waals surface area (Å²) in [7, 11) is 0. The van der Waals surface area contributed by atoms with E-state index in [2.05, 4.69) is 22.1 Å². The Morgan fingerprint density at radius 2 is 1.88 bits per heavy atom. The third kappa shape index (κ3) is 4.95. The van der Waals surface area contributed by atoms with Gasteiger partial charge in [-0.25, -0.2) is 4.98 Å². The van der Waals surface area contributed by atoms with Gasteiger partial charge in [0.2, 0.25) is 0 Å². The van der Waals surface area contributed by atoms with E-state index in [-0.39, 0.29) is 12.5 Å². The molecule has 1 aromatic carbocycles. The van der Waals surface area contributed by atoms with Crippen LogP contribution in [0.2, 0.25) is 0 Å². The summed E-state index contributed by atoms with van der Waals surface area (Å²) in [4.78, 5) is 18.8. The molecule has 0 unspecified atom stereocenters. The van der Waals surface area contributed by atoms with E-state index >= 15 is 0 Å².